The van der Waals surface area contributed by atoms with Crippen molar-refractivity contribution in [3.8, 4) is 0 Å². The second kappa shape index (κ2) is 9.19. The van der Waals surface area contributed by atoms with Gasteiger partial charge in [0.25, 0.3) is 5.91 Å². The largest absolute Gasteiger partial charge is 0.480 e. The van der Waals surface area contributed by atoms with Crippen molar-refractivity contribution in [1.29, 1.82) is 0 Å². The lowest BCUT2D eigenvalue weighted by Gasteiger charge is -2.34. The molecule has 2 N–H and O–H groups in total. The van der Waals surface area contributed by atoms with Gasteiger partial charge in [0.05, 0.1) is 6.54 Å². The zero-order valence-electron chi connectivity index (χ0n) is 16.4. The van der Waals surface area contributed by atoms with Crippen molar-refractivity contribution in [2.75, 3.05) is 32.7 Å². The Hall–Kier alpha value is -2.41. The van der Waals surface area contributed by atoms with E-state index in [9.17, 15) is 14.4 Å². The fourth-order valence-electron chi connectivity index (χ4n) is 3.97. The molecule has 1 aromatic rings. The number of benzene rings is 1. The van der Waals surface area contributed by atoms with E-state index in [4.69, 9.17) is 5.11 Å². The molecule has 2 aliphatic heterocycles. The van der Waals surface area contributed by atoms with Crippen LogP contribution in [0.15, 0.2) is 24.3 Å². The Morgan fingerprint density at radius 3 is 2.18 bits per heavy atom. The van der Waals surface area contributed by atoms with Gasteiger partial charge in [-0.15, -0.1) is 0 Å². The predicted molar refractivity (Wildman–Crippen MR) is 105 cm³/mol. The highest BCUT2D eigenvalue weighted by Crippen LogP contribution is 2.20. The van der Waals surface area contributed by atoms with Crippen molar-refractivity contribution in [2.45, 2.75) is 38.6 Å². The first kappa shape index (κ1) is 20.3. The highest BCUT2D eigenvalue weighted by atomic mass is 16.4. The number of carbonyl (C=O) groups is 3. The summed E-state index contributed by atoms with van der Waals surface area (Å²) >= 11 is 0. The number of rotatable bonds is 5. The zero-order chi connectivity index (χ0) is 20.1. The van der Waals surface area contributed by atoms with Crippen molar-refractivity contribution >= 4 is 17.8 Å². The van der Waals surface area contributed by atoms with Gasteiger partial charge in [-0.05, 0) is 44.7 Å². The number of carboxylic acids is 1. The molecule has 0 aromatic heterocycles. The van der Waals surface area contributed by atoms with Gasteiger partial charge in [0.1, 0.15) is 0 Å². The van der Waals surface area contributed by atoms with E-state index in [0.29, 0.717) is 44.6 Å². The molecule has 0 unspecified atom stereocenters. The molecule has 28 heavy (non-hydrogen) atoms. The normalized spacial score (nSPS) is 19.4. The van der Waals surface area contributed by atoms with E-state index in [2.05, 4.69) is 5.32 Å². The summed E-state index contributed by atoms with van der Waals surface area (Å²) in [7, 11) is 0. The molecule has 0 atom stereocenters. The topological polar surface area (TPSA) is 90.0 Å². The molecule has 0 spiro atoms. The Morgan fingerprint density at radius 1 is 1.00 bits per heavy atom. The third kappa shape index (κ3) is 5.32. The SMILES string of the molecule is Cc1ccc(C(=O)N2CCC(C(=O)NC3CCN(CC(=O)O)CC3)CC2)cc1. The van der Waals surface area contributed by atoms with Crippen LogP contribution >= 0.6 is 0 Å². The van der Waals surface area contributed by atoms with E-state index in [1.807, 2.05) is 41.0 Å². The summed E-state index contributed by atoms with van der Waals surface area (Å²) in [5.74, 6) is -0.766. The molecule has 7 nitrogen and oxygen atoms in total. The molecule has 0 radical (unpaired) electrons. The smallest absolute Gasteiger partial charge is 0.317 e. The van der Waals surface area contributed by atoms with E-state index < -0.39 is 5.97 Å². The van der Waals surface area contributed by atoms with Crippen molar-refractivity contribution in [1.82, 2.24) is 15.1 Å². The zero-order valence-corrected chi connectivity index (χ0v) is 16.4. The van der Waals surface area contributed by atoms with E-state index in [1.54, 1.807) is 0 Å². The standard InChI is InChI=1S/C21H29N3O4/c1-15-2-4-17(5-3-15)21(28)24-12-6-16(7-13-24)20(27)22-18-8-10-23(11-9-18)14-19(25)26/h2-5,16,18H,6-14H2,1H3,(H,22,27)(H,25,26). The van der Waals surface area contributed by atoms with Crippen LogP contribution in [0.5, 0.6) is 0 Å². The number of carbonyl (C=O) groups excluding carboxylic acids is 2. The van der Waals surface area contributed by atoms with Gasteiger partial charge in [-0.2, -0.15) is 0 Å². The van der Waals surface area contributed by atoms with Gasteiger partial charge in [-0.3, -0.25) is 19.3 Å². The first-order chi connectivity index (χ1) is 13.4. The number of nitrogens with zero attached hydrogens (tertiary/aromatic N) is 2. The summed E-state index contributed by atoms with van der Waals surface area (Å²) in [5.41, 5.74) is 1.82. The second-order valence-corrected chi connectivity index (χ2v) is 7.89. The molecule has 0 aliphatic carbocycles. The van der Waals surface area contributed by atoms with Gasteiger partial charge < -0.3 is 15.3 Å². The highest BCUT2D eigenvalue weighted by Gasteiger charge is 2.30. The Morgan fingerprint density at radius 2 is 1.61 bits per heavy atom. The molecule has 2 amide bonds. The van der Waals surface area contributed by atoms with Crippen LogP contribution in [0.3, 0.4) is 0 Å². The molecule has 3 rings (SSSR count). The molecular formula is C21H29N3O4. The van der Waals surface area contributed by atoms with E-state index in [1.165, 1.54) is 0 Å². The average Bonchev–Trinajstić information content (AvgIpc) is 2.69. The fourth-order valence-corrected chi connectivity index (χ4v) is 3.97. The lowest BCUT2D eigenvalue weighted by Crippen LogP contribution is -2.49. The minimum absolute atomic E-state index is 0.0321. The first-order valence-corrected chi connectivity index (χ1v) is 10.0. The Kier molecular flexibility index (Phi) is 6.67. The molecule has 0 bridgehead atoms. The maximum Gasteiger partial charge on any atom is 0.317 e. The molecule has 2 heterocycles. The van der Waals surface area contributed by atoms with Crippen LogP contribution in [0.2, 0.25) is 0 Å². The minimum Gasteiger partial charge on any atom is -0.480 e. The van der Waals surface area contributed by atoms with E-state index in [0.717, 1.165) is 18.4 Å². The van der Waals surface area contributed by atoms with Gasteiger partial charge in [-0.25, -0.2) is 0 Å². The molecule has 2 fully saturated rings. The van der Waals surface area contributed by atoms with Gasteiger partial charge in [0.2, 0.25) is 5.91 Å². The second-order valence-electron chi connectivity index (χ2n) is 7.89. The lowest BCUT2D eigenvalue weighted by molar-refractivity contribution is -0.138. The monoisotopic (exact) mass is 387 g/mol. The van der Waals surface area contributed by atoms with Crippen molar-refractivity contribution in [2.24, 2.45) is 5.92 Å². The summed E-state index contributed by atoms with van der Waals surface area (Å²) in [4.78, 5) is 39.7. The van der Waals surface area contributed by atoms with Crippen LogP contribution in [0.1, 0.15) is 41.6 Å². The van der Waals surface area contributed by atoms with Gasteiger partial charge in [0.15, 0.2) is 0 Å². The maximum atomic E-state index is 12.6. The van der Waals surface area contributed by atoms with E-state index >= 15 is 0 Å². The molecule has 7 heteroatoms. The van der Waals surface area contributed by atoms with Crippen LogP contribution in [0.25, 0.3) is 0 Å². The number of piperidine rings is 2. The van der Waals surface area contributed by atoms with Crippen LogP contribution in [0.4, 0.5) is 0 Å². The summed E-state index contributed by atoms with van der Waals surface area (Å²) in [6.07, 6.45) is 2.93. The van der Waals surface area contributed by atoms with Gasteiger partial charge in [0, 0.05) is 43.7 Å². The molecule has 0 saturated carbocycles. The number of aliphatic carboxylic acids is 1. The molecule has 2 aliphatic rings. The van der Waals surface area contributed by atoms with Crippen LogP contribution in [-0.4, -0.2) is 71.5 Å². The summed E-state index contributed by atoms with van der Waals surface area (Å²) in [6.45, 7) is 4.65. The van der Waals surface area contributed by atoms with Crippen molar-refractivity contribution in [3.63, 3.8) is 0 Å². The lowest BCUT2D eigenvalue weighted by atomic mass is 9.94. The minimum atomic E-state index is -0.811. The Labute approximate surface area is 165 Å². The summed E-state index contributed by atoms with van der Waals surface area (Å²) in [6, 6.07) is 7.70. The molecular weight excluding hydrogens is 358 g/mol. The highest BCUT2D eigenvalue weighted by molar-refractivity contribution is 5.94. The third-order valence-corrected chi connectivity index (χ3v) is 5.74. The average molecular weight is 387 g/mol. The van der Waals surface area contributed by atoms with Crippen molar-refractivity contribution in [3.05, 3.63) is 35.4 Å². The molecule has 1 aromatic carbocycles. The number of hydrogen-bond acceptors (Lipinski definition) is 4. The molecule has 152 valence electrons. The number of carboxylic acid groups (broad SMARTS) is 1. The quantitative estimate of drug-likeness (QED) is 0.799. The number of hydrogen-bond donors (Lipinski definition) is 2. The predicted octanol–water partition coefficient (Wildman–Crippen LogP) is 1.51. The van der Waals surface area contributed by atoms with Crippen LogP contribution < -0.4 is 5.32 Å². The fraction of sp³-hybridized carbons (Fsp3) is 0.571. The molecule has 2 saturated heterocycles. The first-order valence-electron chi connectivity index (χ1n) is 10.0. The number of amides is 2. The van der Waals surface area contributed by atoms with Crippen LogP contribution in [0, 0.1) is 12.8 Å². The summed E-state index contributed by atoms with van der Waals surface area (Å²) in [5, 5.41) is 12.0. The summed E-state index contributed by atoms with van der Waals surface area (Å²) < 4.78 is 0. The number of nitrogens with one attached hydrogen (secondary N) is 1. The third-order valence-electron chi connectivity index (χ3n) is 5.74. The van der Waals surface area contributed by atoms with Crippen molar-refractivity contribution < 1.29 is 19.5 Å². The van der Waals surface area contributed by atoms with E-state index in [-0.39, 0.29) is 30.3 Å². The number of likely N-dealkylation sites (tertiary alicyclic amines) is 2. The maximum absolute atomic E-state index is 12.6. The Bertz CT molecular complexity index is 703. The van der Waals surface area contributed by atoms with Crippen LogP contribution in [-0.2, 0) is 9.59 Å². The van der Waals surface area contributed by atoms with Gasteiger partial charge in [-0.1, -0.05) is 17.7 Å². The van der Waals surface area contributed by atoms with Gasteiger partial charge >= 0.3 is 5.97 Å². The number of aryl methyl sites for hydroxylation is 1. The Balaban J connectivity index is 1.42.